The van der Waals surface area contributed by atoms with Crippen molar-refractivity contribution in [3.8, 4) is 0 Å². The number of hydrogen-bond donors (Lipinski definition) is 0. The van der Waals surface area contributed by atoms with Gasteiger partial charge in [0.15, 0.2) is 0 Å². The van der Waals surface area contributed by atoms with Gasteiger partial charge in [-0.1, -0.05) is 48.1 Å². The number of allylic oxidation sites excluding steroid dienone is 7. The Hall–Kier alpha value is -1.04. The van der Waals surface area contributed by atoms with Crippen molar-refractivity contribution in [3.63, 3.8) is 0 Å². The van der Waals surface area contributed by atoms with Gasteiger partial charge in [0.2, 0.25) is 0 Å². The first-order chi connectivity index (χ1) is 5.16. The minimum Gasteiger partial charge on any atom is -0.0764 e. The smallest absolute Gasteiger partial charge is 0.0398 e. The summed E-state index contributed by atoms with van der Waals surface area (Å²) in [5, 5.41) is 0. The Morgan fingerprint density at radius 3 is 2.18 bits per heavy atom. The molecule has 0 aromatic heterocycles. The van der Waals surface area contributed by atoms with Crippen molar-refractivity contribution in [3.05, 3.63) is 48.1 Å². The predicted octanol–water partition coefficient (Wildman–Crippen LogP) is 3.44. The topological polar surface area (TPSA) is 0 Å². The van der Waals surface area contributed by atoms with Crippen LogP contribution >= 0.6 is 0 Å². The molecule has 11 heavy (non-hydrogen) atoms. The van der Waals surface area contributed by atoms with Crippen molar-refractivity contribution in [2.24, 2.45) is 0 Å². The lowest BCUT2D eigenvalue weighted by atomic mass is 10.2. The van der Waals surface area contributed by atoms with E-state index in [4.69, 9.17) is 6.58 Å². The lowest BCUT2D eigenvalue weighted by Gasteiger charge is -1.86. The fourth-order valence-corrected chi connectivity index (χ4v) is 0.600. The van der Waals surface area contributed by atoms with Crippen LogP contribution in [-0.2, 0) is 0 Å². The molecule has 0 saturated carbocycles. The summed E-state index contributed by atoms with van der Waals surface area (Å²) in [7, 11) is 0. The van der Waals surface area contributed by atoms with E-state index >= 15 is 0 Å². The van der Waals surface area contributed by atoms with Gasteiger partial charge in [-0.15, -0.1) is 0 Å². The van der Waals surface area contributed by atoms with Gasteiger partial charge < -0.3 is 0 Å². The van der Waals surface area contributed by atoms with Crippen molar-refractivity contribution < 1.29 is 0 Å². The first-order valence-electron chi connectivity index (χ1n) is 3.70. The largest absolute Gasteiger partial charge is 0.0764 e. The molecule has 0 heteroatoms. The van der Waals surface area contributed by atoms with Crippen molar-refractivity contribution >= 4 is 0 Å². The Labute approximate surface area is 69.6 Å². The fraction of sp³-hybridized carbons (Fsp3) is 0.273. The summed E-state index contributed by atoms with van der Waals surface area (Å²) < 4.78 is 0. The average Bonchev–Trinajstić information content (AvgIpc) is 1.87. The molecule has 0 atom stereocenters. The van der Waals surface area contributed by atoms with E-state index in [2.05, 4.69) is 19.9 Å². The van der Waals surface area contributed by atoms with Crippen molar-refractivity contribution in [2.75, 3.05) is 0 Å². The molecular formula is C11H15. The van der Waals surface area contributed by atoms with E-state index in [0.29, 0.717) is 0 Å². The average molecular weight is 147 g/mol. The van der Waals surface area contributed by atoms with Crippen molar-refractivity contribution in [1.82, 2.24) is 0 Å². The standard InChI is InChI=1S/C11H15/c1-5-7-11(4)9-6-8-10(2)3/h1,5-9H,2-4H3. The zero-order chi connectivity index (χ0) is 8.69. The second-order valence-electron chi connectivity index (χ2n) is 2.71. The molecule has 0 N–H and O–H groups in total. The minimum absolute atomic E-state index is 1.16. The van der Waals surface area contributed by atoms with Crippen LogP contribution < -0.4 is 0 Å². The zero-order valence-electron chi connectivity index (χ0n) is 7.46. The molecule has 1 radical (unpaired) electrons. The van der Waals surface area contributed by atoms with Gasteiger partial charge in [0.25, 0.3) is 0 Å². The van der Waals surface area contributed by atoms with Crippen molar-refractivity contribution in [2.45, 2.75) is 20.8 Å². The highest BCUT2D eigenvalue weighted by atomic mass is 13.8. The molecule has 0 amide bonds. The summed E-state index contributed by atoms with van der Waals surface area (Å²) in [6, 6.07) is 0. The maximum absolute atomic E-state index is 5.21. The van der Waals surface area contributed by atoms with Crippen LogP contribution in [0.15, 0.2) is 41.5 Å². The first-order valence-corrected chi connectivity index (χ1v) is 3.70. The Morgan fingerprint density at radius 2 is 1.73 bits per heavy atom. The highest BCUT2D eigenvalue weighted by molar-refractivity contribution is 5.24. The Bertz CT molecular complexity index is 198. The molecule has 0 aliphatic heterocycles. The van der Waals surface area contributed by atoms with Gasteiger partial charge in [-0.25, -0.2) is 0 Å². The Kier molecular flexibility index (Phi) is 5.18. The van der Waals surface area contributed by atoms with Crippen LogP contribution in [0, 0.1) is 6.58 Å². The summed E-state index contributed by atoms with van der Waals surface area (Å²) in [4.78, 5) is 0. The maximum Gasteiger partial charge on any atom is -0.0398 e. The van der Waals surface area contributed by atoms with Crippen LogP contribution in [0.4, 0.5) is 0 Å². The summed E-state index contributed by atoms with van der Waals surface area (Å²) in [6.07, 6.45) is 9.52. The second-order valence-corrected chi connectivity index (χ2v) is 2.71. The van der Waals surface area contributed by atoms with E-state index in [0.717, 1.165) is 5.57 Å². The van der Waals surface area contributed by atoms with Crippen LogP contribution in [-0.4, -0.2) is 0 Å². The molecule has 0 unspecified atom stereocenters. The van der Waals surface area contributed by atoms with Gasteiger partial charge in [-0.3, -0.25) is 0 Å². The van der Waals surface area contributed by atoms with Crippen LogP contribution in [0.5, 0.6) is 0 Å². The van der Waals surface area contributed by atoms with Crippen LogP contribution in [0.2, 0.25) is 0 Å². The second kappa shape index (κ2) is 5.72. The summed E-state index contributed by atoms with van der Waals surface area (Å²) in [6.45, 7) is 11.4. The molecule has 0 aliphatic rings. The minimum atomic E-state index is 1.16. The van der Waals surface area contributed by atoms with E-state index in [-0.39, 0.29) is 0 Å². The van der Waals surface area contributed by atoms with Gasteiger partial charge in [0.1, 0.15) is 0 Å². The molecule has 0 bridgehead atoms. The van der Waals surface area contributed by atoms with E-state index in [1.165, 1.54) is 5.57 Å². The van der Waals surface area contributed by atoms with Gasteiger partial charge in [-0.05, 0) is 20.8 Å². The maximum atomic E-state index is 5.21. The highest BCUT2D eigenvalue weighted by Gasteiger charge is 1.75. The SMILES string of the molecule is [CH]=CC=C(C)C=CC=C(C)C. The normalized spacial score (nSPS) is 11.7. The summed E-state index contributed by atoms with van der Waals surface area (Å²) in [5.74, 6) is 0. The van der Waals surface area contributed by atoms with Crippen LogP contribution in [0.1, 0.15) is 20.8 Å². The summed E-state index contributed by atoms with van der Waals surface area (Å²) >= 11 is 0. The van der Waals surface area contributed by atoms with E-state index < -0.39 is 0 Å². The van der Waals surface area contributed by atoms with Crippen molar-refractivity contribution in [1.29, 1.82) is 0 Å². The molecule has 0 saturated heterocycles. The molecular weight excluding hydrogens is 132 g/mol. The summed E-state index contributed by atoms with van der Waals surface area (Å²) in [5.41, 5.74) is 2.45. The quantitative estimate of drug-likeness (QED) is 0.536. The lowest BCUT2D eigenvalue weighted by molar-refractivity contribution is 1.39. The number of rotatable bonds is 3. The third-order valence-electron chi connectivity index (χ3n) is 1.15. The number of hydrogen-bond acceptors (Lipinski definition) is 0. The highest BCUT2D eigenvalue weighted by Crippen LogP contribution is 1.96. The zero-order valence-corrected chi connectivity index (χ0v) is 7.46. The van der Waals surface area contributed by atoms with E-state index in [9.17, 15) is 0 Å². The molecule has 0 fully saturated rings. The molecule has 0 heterocycles. The monoisotopic (exact) mass is 147 g/mol. The first kappa shape index (κ1) is 9.96. The molecule has 0 nitrogen and oxygen atoms in total. The predicted molar refractivity (Wildman–Crippen MR) is 51.2 cm³/mol. The van der Waals surface area contributed by atoms with Crippen LogP contribution in [0.3, 0.4) is 0 Å². The molecule has 0 spiro atoms. The van der Waals surface area contributed by atoms with Gasteiger partial charge in [0, 0.05) is 0 Å². The van der Waals surface area contributed by atoms with Gasteiger partial charge in [-0.2, -0.15) is 0 Å². The Balaban J connectivity index is 4.03. The molecule has 59 valence electrons. The molecule has 0 aromatic rings. The van der Waals surface area contributed by atoms with E-state index in [1.54, 1.807) is 6.08 Å². The third-order valence-corrected chi connectivity index (χ3v) is 1.15. The van der Waals surface area contributed by atoms with Crippen LogP contribution in [0.25, 0.3) is 0 Å². The lowest BCUT2D eigenvalue weighted by Crippen LogP contribution is -1.65. The third kappa shape index (κ3) is 6.85. The fourth-order valence-electron chi connectivity index (χ4n) is 0.600. The molecule has 0 aromatic carbocycles. The van der Waals surface area contributed by atoms with Gasteiger partial charge in [0.05, 0.1) is 0 Å². The van der Waals surface area contributed by atoms with Gasteiger partial charge >= 0.3 is 0 Å². The molecule has 0 rings (SSSR count). The van der Waals surface area contributed by atoms with E-state index in [1.807, 2.05) is 25.2 Å². The Morgan fingerprint density at radius 1 is 1.09 bits per heavy atom. The molecule has 0 aliphatic carbocycles.